The number of allylic oxidation sites excluding steroid dienone is 3. The molecule has 0 aliphatic carbocycles. The number of hydrogen-bond donors (Lipinski definition) is 0. The van der Waals surface area contributed by atoms with Crippen molar-refractivity contribution in [1.82, 2.24) is 0 Å². The van der Waals surface area contributed by atoms with Crippen molar-refractivity contribution in [3.05, 3.63) is 23.3 Å². The molecule has 1 heteroatoms. The molecule has 76 valence electrons. The Morgan fingerprint density at radius 1 is 1.08 bits per heavy atom. The number of rotatable bonds is 5. The van der Waals surface area contributed by atoms with Crippen LogP contribution >= 0.6 is 0 Å². The maximum atomic E-state index is 2.39. The van der Waals surface area contributed by atoms with Crippen molar-refractivity contribution >= 4 is 10.9 Å². The molecule has 0 aliphatic heterocycles. The zero-order valence-electron chi connectivity index (χ0n) is 9.68. The molecule has 0 aromatic carbocycles. The fourth-order valence-corrected chi connectivity index (χ4v) is 1.62. The topological polar surface area (TPSA) is 0 Å². The Labute approximate surface area is 86.5 Å². The quantitative estimate of drug-likeness (QED) is 0.469. The van der Waals surface area contributed by atoms with Crippen molar-refractivity contribution in [3.63, 3.8) is 0 Å². The Kier molecular flexibility index (Phi) is 7.16. The van der Waals surface area contributed by atoms with Crippen LogP contribution in [0.25, 0.3) is 0 Å². The van der Waals surface area contributed by atoms with Gasteiger partial charge in [0.15, 0.2) is 0 Å². The molecule has 0 N–H and O–H groups in total. The molecular formula is C12H23S+. The summed E-state index contributed by atoms with van der Waals surface area (Å²) in [6, 6.07) is 0. The molecule has 0 amide bonds. The second-order valence-electron chi connectivity index (χ2n) is 4.02. The van der Waals surface area contributed by atoms with Crippen LogP contribution in [-0.4, -0.2) is 18.3 Å². The van der Waals surface area contributed by atoms with Gasteiger partial charge in [0.05, 0.1) is 12.5 Å². The highest BCUT2D eigenvalue weighted by Crippen LogP contribution is 2.06. The van der Waals surface area contributed by atoms with Crippen molar-refractivity contribution in [1.29, 1.82) is 0 Å². The lowest BCUT2D eigenvalue weighted by Crippen LogP contribution is -1.98. The van der Waals surface area contributed by atoms with E-state index in [2.05, 4.69) is 45.4 Å². The van der Waals surface area contributed by atoms with Gasteiger partial charge < -0.3 is 0 Å². The van der Waals surface area contributed by atoms with Crippen LogP contribution in [0.2, 0.25) is 0 Å². The lowest BCUT2D eigenvalue weighted by atomic mass is 10.1. The largest absolute Gasteiger partial charge is 0.126 e. The third kappa shape index (κ3) is 9.75. The average molecular weight is 199 g/mol. The second kappa shape index (κ2) is 7.25. The van der Waals surface area contributed by atoms with Gasteiger partial charge in [-0.1, -0.05) is 17.2 Å². The molecule has 0 spiro atoms. The third-order valence-corrected chi connectivity index (χ3v) is 2.69. The lowest BCUT2D eigenvalue weighted by molar-refractivity contribution is 0.964. The molecule has 0 aromatic rings. The van der Waals surface area contributed by atoms with Gasteiger partial charge in [-0.25, -0.2) is 0 Å². The molecule has 0 rings (SSSR count). The van der Waals surface area contributed by atoms with Gasteiger partial charge in [0.1, 0.15) is 5.75 Å². The normalized spacial score (nSPS) is 12.0. The monoisotopic (exact) mass is 199 g/mol. The van der Waals surface area contributed by atoms with E-state index in [1.807, 2.05) is 0 Å². The zero-order chi connectivity index (χ0) is 10.3. The van der Waals surface area contributed by atoms with Gasteiger partial charge in [0.25, 0.3) is 0 Å². The van der Waals surface area contributed by atoms with Crippen LogP contribution in [-0.2, 0) is 10.9 Å². The molecule has 0 bridgehead atoms. The summed E-state index contributed by atoms with van der Waals surface area (Å²) in [7, 11) is 0.558. The van der Waals surface area contributed by atoms with Crippen molar-refractivity contribution in [2.24, 2.45) is 0 Å². The molecule has 0 aliphatic rings. The van der Waals surface area contributed by atoms with E-state index < -0.39 is 0 Å². The summed E-state index contributed by atoms with van der Waals surface area (Å²) in [5.74, 6) is 1.25. The van der Waals surface area contributed by atoms with E-state index in [9.17, 15) is 0 Å². The third-order valence-electron chi connectivity index (χ3n) is 1.86. The lowest BCUT2D eigenvalue weighted by Gasteiger charge is -1.98. The first-order valence-electron chi connectivity index (χ1n) is 4.85. The van der Waals surface area contributed by atoms with Crippen LogP contribution in [0.3, 0.4) is 0 Å². The van der Waals surface area contributed by atoms with Crippen molar-refractivity contribution in [2.45, 2.75) is 33.6 Å². The van der Waals surface area contributed by atoms with Crippen molar-refractivity contribution in [2.75, 3.05) is 18.3 Å². The van der Waals surface area contributed by atoms with E-state index in [4.69, 9.17) is 0 Å². The van der Waals surface area contributed by atoms with Gasteiger partial charge in [-0.3, -0.25) is 0 Å². The second-order valence-corrected chi connectivity index (χ2v) is 6.33. The highest BCUT2D eigenvalue weighted by Gasteiger charge is 1.97. The minimum Gasteiger partial charge on any atom is -0.0856 e. The van der Waals surface area contributed by atoms with Crippen molar-refractivity contribution in [3.8, 4) is 0 Å². The SMILES string of the molecule is CC(C)=CCCC(C)=CC[S+](C)C. The minimum absolute atomic E-state index is 0.558. The van der Waals surface area contributed by atoms with E-state index in [1.54, 1.807) is 5.57 Å². The summed E-state index contributed by atoms with van der Waals surface area (Å²) >= 11 is 0. The van der Waals surface area contributed by atoms with Gasteiger partial charge >= 0.3 is 0 Å². The maximum Gasteiger partial charge on any atom is 0.126 e. The van der Waals surface area contributed by atoms with Gasteiger partial charge in [0, 0.05) is 0 Å². The van der Waals surface area contributed by atoms with Crippen LogP contribution in [0, 0.1) is 0 Å². The summed E-state index contributed by atoms with van der Waals surface area (Å²) in [5.41, 5.74) is 2.97. The Morgan fingerprint density at radius 2 is 1.69 bits per heavy atom. The first kappa shape index (κ1) is 12.8. The van der Waals surface area contributed by atoms with E-state index >= 15 is 0 Å². The first-order valence-corrected chi connectivity index (χ1v) is 7.06. The Morgan fingerprint density at radius 3 is 2.15 bits per heavy atom. The zero-order valence-corrected chi connectivity index (χ0v) is 10.5. The first-order chi connectivity index (χ1) is 6.02. The highest BCUT2D eigenvalue weighted by atomic mass is 32.2. The van der Waals surface area contributed by atoms with Crippen LogP contribution in [0.15, 0.2) is 23.3 Å². The summed E-state index contributed by atoms with van der Waals surface area (Å²) in [5, 5.41) is 0. The Balaban J connectivity index is 3.67. The highest BCUT2D eigenvalue weighted by molar-refractivity contribution is 7.95. The van der Waals surface area contributed by atoms with E-state index in [-0.39, 0.29) is 0 Å². The summed E-state index contributed by atoms with van der Waals surface area (Å²) < 4.78 is 0. The van der Waals surface area contributed by atoms with Gasteiger partial charge in [-0.05, 0) is 50.6 Å². The molecule has 0 heterocycles. The Hall–Kier alpha value is -0.170. The van der Waals surface area contributed by atoms with Crippen LogP contribution < -0.4 is 0 Å². The fourth-order valence-electron chi connectivity index (χ4n) is 1.000. The smallest absolute Gasteiger partial charge is 0.0856 e. The summed E-state index contributed by atoms with van der Waals surface area (Å²) in [6.07, 6.45) is 11.7. The molecule has 0 aromatic heterocycles. The maximum absolute atomic E-state index is 2.39. The molecule has 0 fully saturated rings. The molecule has 0 unspecified atom stereocenters. The molecule has 0 saturated heterocycles. The molecule has 13 heavy (non-hydrogen) atoms. The van der Waals surface area contributed by atoms with Gasteiger partial charge in [0.2, 0.25) is 0 Å². The molecule has 0 radical (unpaired) electrons. The molecule has 0 nitrogen and oxygen atoms in total. The van der Waals surface area contributed by atoms with Crippen LogP contribution in [0.5, 0.6) is 0 Å². The van der Waals surface area contributed by atoms with Gasteiger partial charge in [-0.15, -0.1) is 0 Å². The minimum atomic E-state index is 0.558. The standard InChI is InChI=1S/C12H23S/c1-11(2)7-6-8-12(3)9-10-13(4)5/h7,9H,6,8,10H2,1-5H3/q+1. The van der Waals surface area contributed by atoms with Gasteiger partial charge in [-0.2, -0.15) is 0 Å². The number of hydrogen-bond acceptors (Lipinski definition) is 0. The predicted octanol–water partition coefficient (Wildman–Crippen LogP) is 3.56. The Bertz CT molecular complexity index is 183. The van der Waals surface area contributed by atoms with E-state index in [0.29, 0.717) is 10.9 Å². The summed E-state index contributed by atoms with van der Waals surface area (Å²) in [4.78, 5) is 0. The average Bonchev–Trinajstić information content (AvgIpc) is 2.00. The molecule has 0 atom stereocenters. The molecule has 0 saturated carbocycles. The van der Waals surface area contributed by atoms with E-state index in [0.717, 1.165) is 0 Å². The predicted molar refractivity (Wildman–Crippen MR) is 66.5 cm³/mol. The van der Waals surface area contributed by atoms with E-state index in [1.165, 1.54) is 24.2 Å². The van der Waals surface area contributed by atoms with Crippen molar-refractivity contribution < 1.29 is 0 Å². The fraction of sp³-hybridized carbons (Fsp3) is 0.667. The van der Waals surface area contributed by atoms with Crippen LogP contribution in [0.4, 0.5) is 0 Å². The molecular weight excluding hydrogens is 176 g/mol. The van der Waals surface area contributed by atoms with Crippen LogP contribution in [0.1, 0.15) is 33.6 Å². The summed E-state index contributed by atoms with van der Waals surface area (Å²) in [6.45, 7) is 6.56.